The lowest BCUT2D eigenvalue weighted by Crippen LogP contribution is -2.64. The van der Waals surface area contributed by atoms with Gasteiger partial charge in [-0.05, 0) is 147 Å². The molecule has 50 atom stereocenters. The average Bonchev–Trinajstić information content (AvgIpc) is 1.56. The fourth-order valence-electron chi connectivity index (χ4n) is 25.2. The Kier molecular flexibility index (Phi) is 52.6. The number of ether oxygens (including phenoxy) is 12. The maximum atomic E-state index is 12.5. The van der Waals surface area contributed by atoms with Crippen molar-refractivity contribution in [2.45, 2.75) is 631 Å². The molecule has 0 aromatic heterocycles. The van der Waals surface area contributed by atoms with Gasteiger partial charge in [-0.2, -0.15) is 0 Å². The van der Waals surface area contributed by atoms with E-state index in [4.69, 9.17) is 56.8 Å². The SMILES string of the molecule is C=CCCCCCCCCCCC[C@@H](O)[C@@H](O)C[C@@H]1C[C@H](O)C[C@]2(CC[C@]3(O[C@H](C[C@@H](O)C[C@@H](O)[C@H]4C[C@@H](O)[C@H](O)[C@@H](O)[C@H](C[C@H](O)[C@@H]5O[C@@H](C[C@@H](O)CC[C@H]6C[C@@H](O)[C@@H](O)[C@@](C)(C[C@H](O)C[C@]7(C)O[C@@H](C[C@H]8O[C@H](C[C@@H](O)CCC[C@@H](C)C[C@@H](O)C[C@@H](O)C[C@@H](C)CC[C@@H](C)CC[C@H](C)CCCCC=C)[C@@H](O)C[C@H]8O[C@@H]8O[C@H](C)[C@@H](O)[C@H](O)[C@@H]8O)C[C@H](O)[C@@H]7O[C@@H]7OC[C@@H](O)[C@H](O)[C@H]7O)O6)C[C@H](O)[C@@H]5O)O4)CC[C@H]3C)O2)O1. The second-order valence-electron chi connectivity index (χ2n) is 47.9. The van der Waals surface area contributed by atoms with E-state index < -0.39 is 306 Å². The van der Waals surface area contributed by atoms with Gasteiger partial charge >= 0.3 is 0 Å². The third kappa shape index (κ3) is 38.1. The van der Waals surface area contributed by atoms with E-state index in [-0.39, 0.29) is 115 Å². The summed E-state index contributed by atoms with van der Waals surface area (Å²) in [6, 6.07) is 0. The topological polar surface area (TPSA) is 637 Å². The number of allylic oxidation sites excluding steroid dienone is 2. The minimum absolute atomic E-state index is 0.0165. The fraction of sp³-hybridized carbons (Fsp3) is 0.964. The molecular formula is C110H198O38. The predicted octanol–water partition coefficient (Wildman–Crippen LogP) is 4.97. The molecule has 38 heteroatoms. The second kappa shape index (κ2) is 61.0. The molecule has 0 aliphatic carbocycles. The summed E-state index contributed by atoms with van der Waals surface area (Å²) in [4.78, 5) is 0. The number of aliphatic hydroxyl groups is 26. The van der Waals surface area contributed by atoms with Crippen molar-refractivity contribution >= 4 is 0 Å². The molecule has 10 heterocycles. The summed E-state index contributed by atoms with van der Waals surface area (Å²) in [5.74, 6) is -0.933. The summed E-state index contributed by atoms with van der Waals surface area (Å²) in [7, 11) is 0. The van der Waals surface area contributed by atoms with Gasteiger partial charge in [0, 0.05) is 102 Å². The Morgan fingerprint density at radius 1 is 0.378 bits per heavy atom. The van der Waals surface area contributed by atoms with Gasteiger partial charge in [-0.25, -0.2) is 0 Å². The van der Waals surface area contributed by atoms with Crippen LogP contribution in [0.15, 0.2) is 25.3 Å². The van der Waals surface area contributed by atoms with E-state index in [2.05, 4.69) is 33.9 Å². The standard InChI is InChI=1S/C110H198O38/c1-11-13-15-17-18-19-20-21-22-23-25-30-79(118)80(119)51-77-46-72(116)59-109(146-77)39-40-110(148-109)65(7)35-37-74(147-110)45-71(115)47-81(120)90-55-84(123)95(129)98(132)93(141-90)56-85(124)102-97(131)83(122)50-76(139-102)44-68(112)36-38-75-49-86(125)103(136)107(9,144-75)57-73(117)58-108(10)104(143-105-100(134)96(130)88(127)60-137-105)87(126)52-78(145-108)53-91-92(142-106-101(135)99(133)94(128)66(8)138-106)54-82(121)89(140-91)48-67(111)29-26-28-63(5)41-69(113)43-70(114)42-64(6)34-33-62(4)32-31-61(3)27-24-16-14-12-2/h11-12,61-106,111-136H,1-2,13-60H2,3-10H3/t61-,62+,63-,64+,65-,66-,67+,68+,69-,70+,71-,72+,73+,74+,75+,76+,77+,78-,79-,80+,81-,82+,83+,84-,85+,86-,87+,88-,89-,90-,91-,92-,93+,94-,95+,96+,97+,98+,99+,100-,101+,102+,103-,104+,105+,106+,107-,108+,109-,110+/m1/s1. The smallest absolute Gasteiger partial charge is 0.186 e. The lowest BCUT2D eigenvalue weighted by Gasteiger charge is -2.51. The molecule has 0 aromatic carbocycles. The van der Waals surface area contributed by atoms with Gasteiger partial charge in [0.25, 0.3) is 0 Å². The van der Waals surface area contributed by atoms with E-state index in [1.807, 2.05) is 26.0 Å². The summed E-state index contributed by atoms with van der Waals surface area (Å²) >= 11 is 0. The predicted molar refractivity (Wildman–Crippen MR) is 542 cm³/mol. The van der Waals surface area contributed by atoms with Crippen LogP contribution in [0.3, 0.4) is 0 Å². The van der Waals surface area contributed by atoms with Crippen molar-refractivity contribution in [3.8, 4) is 0 Å². The van der Waals surface area contributed by atoms with Crippen molar-refractivity contribution in [2.24, 2.45) is 29.6 Å². The van der Waals surface area contributed by atoms with Gasteiger partial charge in [-0.15, -0.1) is 13.2 Å². The Hall–Kier alpha value is -2.04. The fourth-order valence-corrected chi connectivity index (χ4v) is 25.2. The summed E-state index contributed by atoms with van der Waals surface area (Å²) in [6.45, 7) is 22.3. The summed E-state index contributed by atoms with van der Waals surface area (Å²) < 4.78 is 77.0. The Bertz CT molecular complexity index is 3690. The van der Waals surface area contributed by atoms with Gasteiger partial charge in [-0.1, -0.05) is 150 Å². The van der Waals surface area contributed by atoms with Gasteiger partial charge < -0.3 is 190 Å². The molecule has 38 nitrogen and oxygen atoms in total. The van der Waals surface area contributed by atoms with Crippen LogP contribution in [-0.4, -0.2) is 413 Å². The molecule has 0 radical (unpaired) electrons. The van der Waals surface area contributed by atoms with E-state index in [0.29, 0.717) is 75.5 Å². The first kappa shape index (κ1) is 128. The molecule has 10 aliphatic rings. The zero-order chi connectivity index (χ0) is 108. The van der Waals surface area contributed by atoms with Crippen LogP contribution in [0, 0.1) is 29.6 Å². The van der Waals surface area contributed by atoms with Crippen molar-refractivity contribution in [2.75, 3.05) is 6.61 Å². The number of unbranched alkanes of at least 4 members (excludes halogenated alkanes) is 11. The normalized spacial score (nSPS) is 41.1. The van der Waals surface area contributed by atoms with Crippen LogP contribution in [0.2, 0.25) is 0 Å². The average molecular weight is 2130 g/mol. The third-order valence-corrected chi connectivity index (χ3v) is 34.2. The molecule has 0 unspecified atom stereocenters. The molecule has 148 heavy (non-hydrogen) atoms. The molecular weight excluding hydrogens is 1930 g/mol. The first-order valence-corrected chi connectivity index (χ1v) is 56.9. The van der Waals surface area contributed by atoms with Crippen LogP contribution in [0.1, 0.15) is 357 Å². The van der Waals surface area contributed by atoms with Crippen LogP contribution in [-0.2, 0) is 56.8 Å². The maximum Gasteiger partial charge on any atom is 0.186 e. The van der Waals surface area contributed by atoms with Crippen LogP contribution in [0.4, 0.5) is 0 Å². The number of hydrogen-bond acceptors (Lipinski definition) is 38. The minimum atomic E-state index is -1.89. The molecule has 26 N–H and O–H groups in total. The minimum Gasteiger partial charge on any atom is -0.393 e. The van der Waals surface area contributed by atoms with E-state index >= 15 is 0 Å². The summed E-state index contributed by atoms with van der Waals surface area (Å²) in [5, 5.41) is 297. The van der Waals surface area contributed by atoms with Crippen LogP contribution in [0.5, 0.6) is 0 Å². The van der Waals surface area contributed by atoms with Crippen LogP contribution < -0.4 is 0 Å². The molecule has 0 amide bonds. The third-order valence-electron chi connectivity index (χ3n) is 34.2. The van der Waals surface area contributed by atoms with Crippen molar-refractivity contribution in [1.29, 1.82) is 0 Å². The second-order valence-corrected chi connectivity index (χ2v) is 47.9. The monoisotopic (exact) mass is 2130 g/mol. The van der Waals surface area contributed by atoms with Crippen molar-refractivity contribution in [1.82, 2.24) is 0 Å². The van der Waals surface area contributed by atoms with Crippen LogP contribution >= 0.6 is 0 Å². The molecule has 10 saturated heterocycles. The lowest BCUT2D eigenvalue weighted by molar-refractivity contribution is -0.380. The molecule has 0 bridgehead atoms. The van der Waals surface area contributed by atoms with Crippen molar-refractivity contribution in [3.05, 3.63) is 25.3 Å². The Morgan fingerprint density at radius 2 is 0.953 bits per heavy atom. The first-order valence-electron chi connectivity index (χ1n) is 56.9. The van der Waals surface area contributed by atoms with Gasteiger partial charge in [-0.3, -0.25) is 0 Å². The molecule has 0 aromatic rings. The lowest BCUT2D eigenvalue weighted by atomic mass is 9.78. The van der Waals surface area contributed by atoms with E-state index in [0.717, 1.165) is 51.4 Å². The Morgan fingerprint density at radius 3 is 1.64 bits per heavy atom. The number of rotatable bonds is 61. The largest absolute Gasteiger partial charge is 0.393 e. The highest BCUT2D eigenvalue weighted by Gasteiger charge is 2.61. The van der Waals surface area contributed by atoms with Gasteiger partial charge in [0.2, 0.25) is 0 Å². The highest BCUT2D eigenvalue weighted by Crippen LogP contribution is 2.54. The van der Waals surface area contributed by atoms with Crippen molar-refractivity contribution < 1.29 is 190 Å². The molecule has 10 aliphatic heterocycles. The van der Waals surface area contributed by atoms with Gasteiger partial charge in [0.05, 0.1) is 183 Å². The number of aliphatic hydroxyl groups excluding tert-OH is 26. The van der Waals surface area contributed by atoms with Gasteiger partial charge in [0.15, 0.2) is 24.2 Å². The highest BCUT2D eigenvalue weighted by molar-refractivity contribution is 5.06. The number of hydrogen-bond donors (Lipinski definition) is 26. The van der Waals surface area contributed by atoms with Gasteiger partial charge in [0.1, 0.15) is 73.2 Å². The summed E-state index contributed by atoms with van der Waals surface area (Å²) in [6.07, 6.45) is -29.1. The molecule has 10 fully saturated rings. The zero-order valence-corrected chi connectivity index (χ0v) is 89.6. The summed E-state index contributed by atoms with van der Waals surface area (Å²) in [5.41, 5.74) is -3.62. The van der Waals surface area contributed by atoms with Crippen LogP contribution in [0.25, 0.3) is 0 Å². The first-order chi connectivity index (χ1) is 70.0. The highest BCUT2D eigenvalue weighted by atomic mass is 16.8. The van der Waals surface area contributed by atoms with E-state index in [1.54, 1.807) is 0 Å². The molecule has 2 spiro atoms. The van der Waals surface area contributed by atoms with E-state index in [1.165, 1.54) is 85.0 Å². The molecule has 0 saturated carbocycles. The molecule has 866 valence electrons. The quantitative estimate of drug-likeness (QED) is 0.0282. The molecule has 10 rings (SSSR count). The Labute approximate surface area is 877 Å². The maximum absolute atomic E-state index is 12.5. The zero-order valence-electron chi connectivity index (χ0n) is 89.6. The van der Waals surface area contributed by atoms with E-state index in [9.17, 15) is 133 Å². The van der Waals surface area contributed by atoms with Crippen molar-refractivity contribution in [3.63, 3.8) is 0 Å². The Balaban J connectivity index is 0.708.